The average Bonchev–Trinajstić information content (AvgIpc) is 2.94. The molecule has 0 unspecified atom stereocenters. The lowest BCUT2D eigenvalue weighted by Gasteiger charge is -2.26. The van der Waals surface area contributed by atoms with Crippen LogP contribution in [0.15, 0.2) is 65.5 Å². The first-order valence-electron chi connectivity index (χ1n) is 13.6. The fraction of sp³-hybridized carbons (Fsp3) is 0.355. The van der Waals surface area contributed by atoms with Crippen molar-refractivity contribution >= 4 is 16.9 Å². The highest BCUT2D eigenvalue weighted by atomic mass is 16.5. The van der Waals surface area contributed by atoms with E-state index in [4.69, 9.17) is 14.7 Å². The number of ether oxygens (including phenoxy) is 1. The second-order valence-electron chi connectivity index (χ2n) is 10.4. The molecule has 202 valence electrons. The first-order valence-corrected chi connectivity index (χ1v) is 13.6. The number of piperidine rings is 1. The second kappa shape index (κ2) is 11.8. The summed E-state index contributed by atoms with van der Waals surface area (Å²) in [6.45, 7) is 6.77. The molecular weight excluding hydrogens is 490 g/mol. The van der Waals surface area contributed by atoms with Crippen molar-refractivity contribution in [3.63, 3.8) is 0 Å². The normalized spacial score (nSPS) is 14.1. The average molecular weight is 526 g/mol. The maximum Gasteiger partial charge on any atom is 0.280 e. The summed E-state index contributed by atoms with van der Waals surface area (Å²) in [4.78, 5) is 38.7. The van der Waals surface area contributed by atoms with Crippen LogP contribution in [0, 0.1) is 0 Å². The monoisotopic (exact) mass is 525 g/mol. The topological polar surface area (TPSA) is 89.3 Å². The van der Waals surface area contributed by atoms with Crippen molar-refractivity contribution in [3.05, 3.63) is 76.6 Å². The van der Waals surface area contributed by atoms with Crippen molar-refractivity contribution in [1.82, 2.24) is 24.8 Å². The molecule has 0 radical (unpaired) electrons. The molecule has 1 fully saturated rings. The predicted octanol–water partition coefficient (Wildman–Crippen LogP) is 4.64. The number of nitrogens with zero attached hydrogens (tertiary/aromatic N) is 4. The van der Waals surface area contributed by atoms with E-state index >= 15 is 0 Å². The number of fused-ring (bicyclic) bond motifs is 1. The van der Waals surface area contributed by atoms with Crippen LogP contribution in [0.25, 0.3) is 33.7 Å². The Hall–Kier alpha value is -4.04. The molecule has 1 aliphatic rings. The molecule has 8 heteroatoms. The molecule has 0 saturated carbocycles. The minimum absolute atomic E-state index is 0.0520. The van der Waals surface area contributed by atoms with Crippen molar-refractivity contribution in [2.24, 2.45) is 0 Å². The van der Waals surface area contributed by atoms with Gasteiger partial charge in [0.25, 0.3) is 5.56 Å². The molecule has 0 bridgehead atoms. The molecule has 2 aromatic heterocycles. The molecule has 4 aromatic rings. The van der Waals surface area contributed by atoms with Gasteiger partial charge in [0.15, 0.2) is 5.52 Å². The van der Waals surface area contributed by atoms with E-state index in [1.165, 1.54) is 29.4 Å². The molecule has 5 rings (SSSR count). The third-order valence-corrected chi connectivity index (χ3v) is 6.96. The summed E-state index contributed by atoms with van der Waals surface area (Å²) in [5.74, 6) is 0.764. The third kappa shape index (κ3) is 6.17. The largest absolute Gasteiger partial charge is 0.497 e. The number of aromatic nitrogens is 3. The lowest BCUT2D eigenvalue weighted by molar-refractivity contribution is -0.122. The van der Waals surface area contributed by atoms with Gasteiger partial charge in [0.1, 0.15) is 18.1 Å². The van der Waals surface area contributed by atoms with Crippen LogP contribution >= 0.6 is 0 Å². The number of nitrogens with one attached hydrogen (secondary N) is 1. The predicted molar refractivity (Wildman–Crippen MR) is 154 cm³/mol. The summed E-state index contributed by atoms with van der Waals surface area (Å²) in [6, 6.07) is 19.3. The number of hydrogen-bond acceptors (Lipinski definition) is 6. The number of carbonyl (C=O) groups is 1. The van der Waals surface area contributed by atoms with Crippen LogP contribution in [-0.2, 0) is 17.9 Å². The quantitative estimate of drug-likeness (QED) is 0.360. The number of likely N-dealkylation sites (tertiary alicyclic amines) is 1. The van der Waals surface area contributed by atoms with Gasteiger partial charge in [-0.15, -0.1) is 0 Å². The van der Waals surface area contributed by atoms with Crippen LogP contribution in [0.5, 0.6) is 5.75 Å². The fourth-order valence-corrected chi connectivity index (χ4v) is 5.10. The van der Waals surface area contributed by atoms with E-state index in [2.05, 4.69) is 22.3 Å². The van der Waals surface area contributed by atoms with Crippen LogP contribution in [0.4, 0.5) is 0 Å². The van der Waals surface area contributed by atoms with Crippen LogP contribution < -0.4 is 15.6 Å². The number of methoxy groups -OCH3 is 1. The van der Waals surface area contributed by atoms with E-state index in [-0.39, 0.29) is 29.6 Å². The van der Waals surface area contributed by atoms with E-state index in [1.54, 1.807) is 13.2 Å². The molecule has 1 N–H and O–H groups in total. The van der Waals surface area contributed by atoms with Gasteiger partial charge in [0, 0.05) is 23.7 Å². The van der Waals surface area contributed by atoms with Gasteiger partial charge in [-0.25, -0.2) is 9.97 Å². The Kier molecular flexibility index (Phi) is 8.02. The van der Waals surface area contributed by atoms with Crippen molar-refractivity contribution in [1.29, 1.82) is 0 Å². The Morgan fingerprint density at radius 3 is 2.51 bits per heavy atom. The number of amides is 1. The molecule has 0 aliphatic carbocycles. The Balaban J connectivity index is 1.56. The number of pyridine rings is 1. The van der Waals surface area contributed by atoms with Gasteiger partial charge in [-0.1, -0.05) is 36.8 Å². The van der Waals surface area contributed by atoms with Crippen LogP contribution in [-0.4, -0.2) is 51.6 Å². The zero-order chi connectivity index (χ0) is 27.4. The molecule has 1 amide bonds. The maximum absolute atomic E-state index is 13.9. The molecule has 39 heavy (non-hydrogen) atoms. The first kappa shape index (κ1) is 26.6. The Morgan fingerprint density at radius 2 is 1.74 bits per heavy atom. The van der Waals surface area contributed by atoms with Crippen molar-refractivity contribution < 1.29 is 9.53 Å². The highest BCUT2D eigenvalue weighted by Gasteiger charge is 2.18. The standard InChI is InChI=1S/C31H35N5O3/c1-21(2)32-28(37)20-36-30(24-11-8-12-25(18-24)39-3)34-27-14-13-26(33-29(27)31(36)38)23-10-7-9-22(17-23)19-35-15-5-4-6-16-35/h7-14,17-18,21H,4-6,15-16,19-20H2,1-3H3,(H,32,37). The summed E-state index contributed by atoms with van der Waals surface area (Å²) in [6.07, 6.45) is 3.80. The Morgan fingerprint density at radius 1 is 0.974 bits per heavy atom. The number of benzene rings is 2. The second-order valence-corrected chi connectivity index (χ2v) is 10.4. The van der Waals surface area contributed by atoms with E-state index in [9.17, 15) is 9.59 Å². The smallest absolute Gasteiger partial charge is 0.280 e. The van der Waals surface area contributed by atoms with Gasteiger partial charge in [-0.05, 0) is 75.7 Å². The van der Waals surface area contributed by atoms with Gasteiger partial charge >= 0.3 is 0 Å². The zero-order valence-electron chi connectivity index (χ0n) is 22.8. The number of hydrogen-bond donors (Lipinski definition) is 1. The van der Waals surface area contributed by atoms with Gasteiger partial charge < -0.3 is 10.1 Å². The van der Waals surface area contributed by atoms with Crippen LogP contribution in [0.1, 0.15) is 38.7 Å². The maximum atomic E-state index is 13.9. The van der Waals surface area contributed by atoms with Gasteiger partial charge in [-0.3, -0.25) is 19.1 Å². The lowest BCUT2D eigenvalue weighted by Crippen LogP contribution is -2.37. The molecular formula is C31H35N5O3. The summed E-state index contributed by atoms with van der Waals surface area (Å²) >= 11 is 0. The number of rotatable bonds is 8. The summed E-state index contributed by atoms with van der Waals surface area (Å²) in [5.41, 5.74) is 3.92. The molecule has 3 heterocycles. The van der Waals surface area contributed by atoms with Crippen molar-refractivity contribution in [2.45, 2.75) is 52.2 Å². The molecule has 0 spiro atoms. The van der Waals surface area contributed by atoms with Crippen LogP contribution in [0.3, 0.4) is 0 Å². The summed E-state index contributed by atoms with van der Waals surface area (Å²) in [5, 5.41) is 2.87. The van der Waals surface area contributed by atoms with E-state index < -0.39 is 0 Å². The van der Waals surface area contributed by atoms with E-state index in [0.717, 1.165) is 25.2 Å². The fourth-order valence-electron chi connectivity index (χ4n) is 5.10. The first-order chi connectivity index (χ1) is 18.9. The summed E-state index contributed by atoms with van der Waals surface area (Å²) in [7, 11) is 1.59. The number of carbonyl (C=O) groups excluding carboxylic acids is 1. The van der Waals surface area contributed by atoms with Gasteiger partial charge in [-0.2, -0.15) is 0 Å². The van der Waals surface area contributed by atoms with Crippen molar-refractivity contribution in [2.75, 3.05) is 20.2 Å². The molecule has 1 saturated heterocycles. The molecule has 8 nitrogen and oxygen atoms in total. The van der Waals surface area contributed by atoms with Crippen LogP contribution in [0.2, 0.25) is 0 Å². The minimum atomic E-state index is -0.358. The third-order valence-electron chi connectivity index (χ3n) is 6.96. The van der Waals surface area contributed by atoms with Crippen molar-refractivity contribution in [3.8, 4) is 28.4 Å². The summed E-state index contributed by atoms with van der Waals surface area (Å²) < 4.78 is 6.78. The zero-order valence-corrected chi connectivity index (χ0v) is 22.8. The highest BCUT2D eigenvalue weighted by Crippen LogP contribution is 2.25. The van der Waals surface area contributed by atoms with Gasteiger partial charge in [0.2, 0.25) is 5.91 Å². The van der Waals surface area contributed by atoms with Gasteiger partial charge in [0.05, 0.1) is 18.3 Å². The molecule has 1 aliphatic heterocycles. The van der Waals surface area contributed by atoms with E-state index in [1.807, 2.05) is 56.3 Å². The molecule has 0 atom stereocenters. The highest BCUT2D eigenvalue weighted by molar-refractivity contribution is 5.81. The Labute approximate surface area is 228 Å². The lowest BCUT2D eigenvalue weighted by atomic mass is 10.1. The Bertz CT molecular complexity index is 1540. The molecule has 2 aromatic carbocycles. The van der Waals surface area contributed by atoms with E-state index in [0.29, 0.717) is 28.3 Å². The SMILES string of the molecule is COc1cccc(-c2nc3ccc(-c4cccc(CN5CCCCC5)c4)nc3c(=O)n2CC(=O)NC(C)C)c1. The minimum Gasteiger partial charge on any atom is -0.497 e.